The number of nitrogens with zero attached hydrogens (tertiary/aromatic N) is 1. The average Bonchev–Trinajstić information content (AvgIpc) is 3.71. The molecule has 0 spiro atoms. The number of thioether (sulfide) groups is 1. The minimum atomic E-state index is -0.710. The number of benzene rings is 1. The Labute approximate surface area is 235 Å². The maximum absolute atomic E-state index is 13.3. The molecule has 1 saturated heterocycles. The molecule has 39 heavy (non-hydrogen) atoms. The van der Waals surface area contributed by atoms with Gasteiger partial charge in [-0.1, -0.05) is 36.8 Å². The number of amides is 1. The number of carbonyl (C=O) groups is 1. The van der Waals surface area contributed by atoms with Crippen molar-refractivity contribution in [2.45, 2.75) is 69.9 Å². The third kappa shape index (κ3) is 4.49. The first-order valence-electron chi connectivity index (χ1n) is 13.8. The van der Waals surface area contributed by atoms with Gasteiger partial charge in [-0.05, 0) is 81.0 Å². The van der Waals surface area contributed by atoms with Crippen LogP contribution in [0.25, 0.3) is 28.4 Å². The molecule has 4 aliphatic rings. The van der Waals surface area contributed by atoms with E-state index in [1.54, 1.807) is 41.3 Å². The van der Waals surface area contributed by atoms with Gasteiger partial charge in [0.15, 0.2) is 0 Å². The van der Waals surface area contributed by atoms with E-state index < -0.39 is 5.63 Å². The fraction of sp³-hybridized carbons (Fsp3) is 0.433. The van der Waals surface area contributed by atoms with Gasteiger partial charge in [-0.3, -0.25) is 9.69 Å². The van der Waals surface area contributed by atoms with Crippen LogP contribution in [0.4, 0.5) is 0 Å². The van der Waals surface area contributed by atoms with Crippen LogP contribution < -0.4 is 10.4 Å². The molecular formula is C30H29NO6S2. The van der Waals surface area contributed by atoms with Crippen LogP contribution in [-0.4, -0.2) is 32.4 Å². The number of furan rings is 1. The average molecular weight is 564 g/mol. The minimum Gasteiger partial charge on any atom is -0.506 e. The number of aromatic hydroxyl groups is 1. The molecule has 4 fully saturated rings. The van der Waals surface area contributed by atoms with Gasteiger partial charge < -0.3 is 18.7 Å². The zero-order chi connectivity index (χ0) is 26.7. The van der Waals surface area contributed by atoms with E-state index in [1.165, 1.54) is 37.4 Å². The second kappa shape index (κ2) is 9.86. The summed E-state index contributed by atoms with van der Waals surface area (Å²) in [6.07, 6.45) is 12.0. The number of ether oxygens (including phenoxy) is 1. The lowest BCUT2D eigenvalue weighted by Gasteiger charge is -2.30. The number of rotatable bonds is 5. The number of hydrogen-bond donors (Lipinski definition) is 1. The van der Waals surface area contributed by atoms with E-state index in [9.17, 15) is 14.7 Å². The van der Waals surface area contributed by atoms with E-state index in [2.05, 4.69) is 0 Å². The first kappa shape index (κ1) is 25.0. The molecule has 3 saturated carbocycles. The Balaban J connectivity index is 1.14. The first-order chi connectivity index (χ1) is 18.9. The van der Waals surface area contributed by atoms with Gasteiger partial charge >= 0.3 is 5.63 Å². The highest BCUT2D eigenvalue weighted by molar-refractivity contribution is 8.26. The van der Waals surface area contributed by atoms with Gasteiger partial charge in [-0.15, -0.1) is 0 Å². The summed E-state index contributed by atoms with van der Waals surface area (Å²) in [4.78, 5) is 28.5. The summed E-state index contributed by atoms with van der Waals surface area (Å²) >= 11 is 6.86. The predicted octanol–water partition coefficient (Wildman–Crippen LogP) is 6.86. The summed E-state index contributed by atoms with van der Waals surface area (Å²) < 4.78 is 18.2. The Morgan fingerprint density at radius 1 is 1.03 bits per heavy atom. The van der Waals surface area contributed by atoms with Crippen molar-refractivity contribution in [3.63, 3.8) is 0 Å². The maximum atomic E-state index is 13.3. The van der Waals surface area contributed by atoms with Gasteiger partial charge in [-0.2, -0.15) is 0 Å². The van der Waals surface area contributed by atoms with E-state index in [0.717, 1.165) is 32.1 Å². The van der Waals surface area contributed by atoms with E-state index in [1.807, 2.05) is 0 Å². The third-order valence-electron chi connectivity index (χ3n) is 8.71. The van der Waals surface area contributed by atoms with Gasteiger partial charge in [0.1, 0.15) is 38.5 Å². The molecule has 3 aliphatic carbocycles. The summed E-state index contributed by atoms with van der Waals surface area (Å²) in [6, 6.07) is 8.60. The summed E-state index contributed by atoms with van der Waals surface area (Å²) in [7, 11) is 0. The molecule has 1 amide bonds. The largest absolute Gasteiger partial charge is 0.506 e. The van der Waals surface area contributed by atoms with Gasteiger partial charge in [0.2, 0.25) is 0 Å². The molecule has 3 aromatic rings. The molecule has 2 aromatic heterocycles. The van der Waals surface area contributed by atoms with Crippen molar-refractivity contribution in [2.75, 3.05) is 0 Å². The second-order valence-corrected chi connectivity index (χ2v) is 12.8. The van der Waals surface area contributed by atoms with Gasteiger partial charge in [-0.25, -0.2) is 4.79 Å². The molecule has 1 aliphatic heterocycles. The van der Waals surface area contributed by atoms with Gasteiger partial charge in [0.05, 0.1) is 16.4 Å². The molecule has 3 atom stereocenters. The van der Waals surface area contributed by atoms with E-state index in [0.29, 0.717) is 38.0 Å². The van der Waals surface area contributed by atoms with Crippen LogP contribution in [0.2, 0.25) is 0 Å². The Morgan fingerprint density at radius 2 is 1.87 bits per heavy atom. The van der Waals surface area contributed by atoms with Crippen LogP contribution in [0.3, 0.4) is 0 Å². The van der Waals surface area contributed by atoms with Crippen molar-refractivity contribution in [1.82, 2.24) is 4.90 Å². The lowest BCUT2D eigenvalue weighted by Crippen LogP contribution is -2.41. The fourth-order valence-corrected chi connectivity index (χ4v) is 8.17. The maximum Gasteiger partial charge on any atom is 0.351 e. The van der Waals surface area contributed by atoms with E-state index in [4.69, 9.17) is 25.8 Å². The molecule has 9 heteroatoms. The highest BCUT2D eigenvalue weighted by Gasteiger charge is 2.48. The third-order valence-corrected chi connectivity index (χ3v) is 10.0. The van der Waals surface area contributed by atoms with Crippen molar-refractivity contribution in [3.05, 3.63) is 51.4 Å². The van der Waals surface area contributed by atoms with Crippen LogP contribution in [-0.2, 0) is 4.79 Å². The zero-order valence-electron chi connectivity index (χ0n) is 21.4. The van der Waals surface area contributed by atoms with Crippen LogP contribution >= 0.6 is 24.0 Å². The highest BCUT2D eigenvalue weighted by atomic mass is 32.2. The van der Waals surface area contributed by atoms with Crippen molar-refractivity contribution >= 4 is 51.3 Å². The van der Waals surface area contributed by atoms with Crippen LogP contribution in [0.5, 0.6) is 11.5 Å². The predicted molar refractivity (Wildman–Crippen MR) is 154 cm³/mol. The molecule has 3 heterocycles. The van der Waals surface area contributed by atoms with E-state index in [-0.39, 0.29) is 40.7 Å². The molecule has 202 valence electrons. The summed E-state index contributed by atoms with van der Waals surface area (Å²) in [5.41, 5.74) is -0.512. The summed E-state index contributed by atoms with van der Waals surface area (Å²) in [5.74, 6) is 2.13. The Morgan fingerprint density at radius 3 is 2.64 bits per heavy atom. The fourth-order valence-electron chi connectivity index (χ4n) is 6.82. The highest BCUT2D eigenvalue weighted by Crippen LogP contribution is 2.49. The second-order valence-electron chi connectivity index (χ2n) is 11.1. The molecule has 7 nitrogen and oxygen atoms in total. The first-order valence-corrected chi connectivity index (χ1v) is 15.0. The Hall–Kier alpha value is -3.04. The topological polar surface area (TPSA) is 93.1 Å². The van der Waals surface area contributed by atoms with Crippen molar-refractivity contribution < 1.29 is 23.5 Å². The van der Waals surface area contributed by atoms with Crippen molar-refractivity contribution in [1.29, 1.82) is 0 Å². The summed E-state index contributed by atoms with van der Waals surface area (Å²) in [6.45, 7) is 0. The molecule has 1 N–H and O–H groups in total. The van der Waals surface area contributed by atoms with Crippen LogP contribution in [0, 0.1) is 11.8 Å². The molecule has 1 aromatic carbocycles. The smallest absolute Gasteiger partial charge is 0.351 e. The standard InChI is InChI=1S/C30H29NO6S2/c32-27-21-10-8-19(35-18-4-2-1-3-5-18)14-24(21)37-29(34)26(27)23-11-9-20(36-23)15-25-28(33)31(30(38)39-25)22-13-16-6-7-17(22)12-16/h8-11,14-18,22,32H,1-7,12-13H2. The number of thiocarbonyl (C=S) groups is 1. The van der Waals surface area contributed by atoms with Gasteiger partial charge in [0, 0.05) is 18.2 Å². The molecule has 3 unspecified atom stereocenters. The van der Waals surface area contributed by atoms with Crippen LogP contribution in [0.1, 0.15) is 63.5 Å². The lowest BCUT2D eigenvalue weighted by molar-refractivity contribution is -0.124. The number of carbonyl (C=O) groups excluding carboxylic acids is 1. The monoisotopic (exact) mass is 563 g/mol. The lowest BCUT2D eigenvalue weighted by atomic mass is 9.94. The Bertz CT molecular complexity index is 1570. The minimum absolute atomic E-state index is 0.0578. The van der Waals surface area contributed by atoms with E-state index >= 15 is 0 Å². The van der Waals surface area contributed by atoms with Crippen molar-refractivity contribution in [3.8, 4) is 22.8 Å². The normalized spacial score (nSPS) is 26.4. The summed E-state index contributed by atoms with van der Waals surface area (Å²) in [5, 5.41) is 11.4. The zero-order valence-corrected chi connectivity index (χ0v) is 23.0. The molecule has 0 radical (unpaired) electrons. The van der Waals surface area contributed by atoms with Gasteiger partial charge in [0.25, 0.3) is 5.91 Å². The molecule has 7 rings (SSSR count). The number of hydrogen-bond acceptors (Lipinski definition) is 8. The SMILES string of the molecule is O=C1C(=Cc2ccc(-c3c(O)c4ccc(OC5CCCCC5)cc4oc3=O)o2)SC(=S)N1C1CC2CCC1C2. The van der Waals surface area contributed by atoms with Crippen LogP contribution in [0.15, 0.2) is 48.9 Å². The number of fused-ring (bicyclic) bond motifs is 3. The Kier molecular flexibility index (Phi) is 6.31. The van der Waals surface area contributed by atoms with Crippen molar-refractivity contribution in [2.24, 2.45) is 11.8 Å². The molecular weight excluding hydrogens is 534 g/mol. The molecule has 2 bridgehead atoms. The quantitative estimate of drug-likeness (QED) is 0.204.